The average molecular weight is 225 g/mol. The van der Waals surface area contributed by atoms with Gasteiger partial charge < -0.3 is 0 Å². The van der Waals surface area contributed by atoms with E-state index in [1.165, 1.54) is 6.21 Å². The number of rotatable bonds is 0. The molecule has 0 fully saturated rings. The number of hydrogen-bond acceptors (Lipinski definition) is 3. The summed E-state index contributed by atoms with van der Waals surface area (Å²) in [4.78, 5) is 18.9. The normalized spacial score (nSPS) is 14.6. The highest BCUT2D eigenvalue weighted by Gasteiger charge is 2.12. The van der Waals surface area contributed by atoms with Gasteiger partial charge in [-0.05, 0) is 22.0 Å². The fourth-order valence-corrected chi connectivity index (χ4v) is 1.47. The fraction of sp³-hybridized carbons (Fsp3) is 0.125. The van der Waals surface area contributed by atoms with E-state index in [4.69, 9.17) is 0 Å². The minimum Gasteiger partial charge on any atom is -0.293 e. The first kappa shape index (κ1) is 7.61. The second-order valence-corrected chi connectivity index (χ2v) is 3.45. The van der Waals surface area contributed by atoms with Gasteiger partial charge in [0, 0.05) is 22.7 Å². The standard InChI is InChI=1S/C8H5BrN2O/c9-6-1-5-2-7(12)4-11-8(5)10-3-6/h1,3-4H,2H2. The van der Waals surface area contributed by atoms with Crippen LogP contribution in [-0.2, 0) is 11.2 Å². The molecule has 0 radical (unpaired) electrons. The van der Waals surface area contributed by atoms with Crippen molar-refractivity contribution in [3.63, 3.8) is 0 Å². The first-order valence-electron chi connectivity index (χ1n) is 3.47. The third-order valence-corrected chi connectivity index (χ3v) is 2.04. The molecule has 0 amide bonds. The van der Waals surface area contributed by atoms with E-state index < -0.39 is 0 Å². The second kappa shape index (κ2) is 2.79. The highest BCUT2D eigenvalue weighted by Crippen LogP contribution is 2.22. The Morgan fingerprint density at radius 2 is 2.33 bits per heavy atom. The molecule has 60 valence electrons. The maximum absolute atomic E-state index is 10.9. The summed E-state index contributed by atoms with van der Waals surface area (Å²) < 4.78 is 0.881. The van der Waals surface area contributed by atoms with Crippen LogP contribution in [0.4, 0.5) is 5.82 Å². The number of carbonyl (C=O) groups excluding carboxylic acids is 1. The van der Waals surface area contributed by atoms with Crippen LogP contribution in [-0.4, -0.2) is 17.0 Å². The highest BCUT2D eigenvalue weighted by molar-refractivity contribution is 9.10. The maximum atomic E-state index is 10.9. The third kappa shape index (κ3) is 1.30. The van der Waals surface area contributed by atoms with Crippen LogP contribution in [0.5, 0.6) is 0 Å². The summed E-state index contributed by atoms with van der Waals surface area (Å²) in [6, 6.07) is 1.87. The molecular weight excluding hydrogens is 220 g/mol. The van der Waals surface area contributed by atoms with E-state index in [0.29, 0.717) is 12.2 Å². The Balaban J connectivity index is 2.54. The van der Waals surface area contributed by atoms with Gasteiger partial charge in [0.1, 0.15) is 0 Å². The van der Waals surface area contributed by atoms with Crippen molar-refractivity contribution in [2.75, 3.05) is 0 Å². The van der Waals surface area contributed by atoms with Crippen LogP contribution in [0.1, 0.15) is 5.56 Å². The molecule has 0 N–H and O–H groups in total. The van der Waals surface area contributed by atoms with Crippen molar-refractivity contribution in [2.45, 2.75) is 6.42 Å². The molecule has 4 heteroatoms. The topological polar surface area (TPSA) is 42.3 Å². The maximum Gasteiger partial charge on any atom is 0.178 e. The number of aromatic nitrogens is 1. The van der Waals surface area contributed by atoms with Gasteiger partial charge in [-0.1, -0.05) is 0 Å². The van der Waals surface area contributed by atoms with E-state index in [0.717, 1.165) is 10.0 Å². The van der Waals surface area contributed by atoms with E-state index in [9.17, 15) is 4.79 Å². The molecule has 0 bridgehead atoms. The van der Waals surface area contributed by atoms with Gasteiger partial charge in [-0.25, -0.2) is 9.98 Å². The van der Waals surface area contributed by atoms with Gasteiger partial charge in [-0.2, -0.15) is 0 Å². The van der Waals surface area contributed by atoms with E-state index >= 15 is 0 Å². The molecule has 1 aromatic rings. The number of aliphatic imine (C=N–C) groups is 1. The summed E-state index contributed by atoms with van der Waals surface area (Å²) in [5.74, 6) is 0.681. The lowest BCUT2D eigenvalue weighted by atomic mass is 10.1. The first-order valence-corrected chi connectivity index (χ1v) is 4.26. The molecule has 12 heavy (non-hydrogen) atoms. The van der Waals surface area contributed by atoms with Crippen LogP contribution in [0.25, 0.3) is 0 Å². The number of Topliss-reactive ketones (excluding diaryl/α,β-unsaturated/α-hetero) is 1. The van der Waals surface area contributed by atoms with Crippen LogP contribution in [0, 0.1) is 0 Å². The average Bonchev–Trinajstić information content (AvgIpc) is 2.03. The zero-order valence-electron chi connectivity index (χ0n) is 6.12. The largest absolute Gasteiger partial charge is 0.293 e. The van der Waals surface area contributed by atoms with Gasteiger partial charge in [-0.15, -0.1) is 0 Å². The molecule has 1 aliphatic heterocycles. The SMILES string of the molecule is O=C1C=Nc2ncc(Br)cc2C1. The van der Waals surface area contributed by atoms with Crippen molar-refractivity contribution in [1.29, 1.82) is 0 Å². The van der Waals surface area contributed by atoms with E-state index in [-0.39, 0.29) is 5.78 Å². The van der Waals surface area contributed by atoms with Gasteiger partial charge in [-0.3, -0.25) is 4.79 Å². The smallest absolute Gasteiger partial charge is 0.178 e. The predicted molar refractivity (Wildman–Crippen MR) is 48.8 cm³/mol. The third-order valence-electron chi connectivity index (χ3n) is 1.61. The Morgan fingerprint density at radius 3 is 3.17 bits per heavy atom. The Bertz CT molecular complexity index is 373. The zero-order valence-corrected chi connectivity index (χ0v) is 7.71. The van der Waals surface area contributed by atoms with Crippen molar-refractivity contribution in [3.8, 4) is 0 Å². The number of fused-ring (bicyclic) bond motifs is 1. The molecule has 1 aliphatic rings. The summed E-state index contributed by atoms with van der Waals surface area (Å²) >= 11 is 3.28. The van der Waals surface area contributed by atoms with E-state index in [2.05, 4.69) is 25.9 Å². The molecule has 0 spiro atoms. The lowest BCUT2D eigenvalue weighted by Gasteiger charge is -2.06. The summed E-state index contributed by atoms with van der Waals surface area (Å²) in [5.41, 5.74) is 0.886. The molecule has 1 aromatic heterocycles. The van der Waals surface area contributed by atoms with Gasteiger partial charge >= 0.3 is 0 Å². The van der Waals surface area contributed by atoms with Crippen molar-refractivity contribution < 1.29 is 4.79 Å². The number of carbonyl (C=O) groups is 1. The summed E-state index contributed by atoms with van der Waals surface area (Å²) in [6.45, 7) is 0. The number of nitrogens with zero attached hydrogens (tertiary/aromatic N) is 2. The molecule has 0 unspecified atom stereocenters. The summed E-state index contributed by atoms with van der Waals surface area (Å²) in [5, 5.41) is 0. The minimum absolute atomic E-state index is 0.0300. The molecule has 0 saturated carbocycles. The molecule has 3 nitrogen and oxygen atoms in total. The monoisotopic (exact) mass is 224 g/mol. The molecule has 2 rings (SSSR count). The first-order chi connectivity index (χ1) is 5.75. The fourth-order valence-electron chi connectivity index (χ4n) is 1.09. The van der Waals surface area contributed by atoms with Crippen LogP contribution in [0.3, 0.4) is 0 Å². The number of pyridine rings is 1. The molecule has 0 saturated heterocycles. The predicted octanol–water partition coefficient (Wildman–Crippen LogP) is 1.67. The molecule has 0 aromatic carbocycles. The Morgan fingerprint density at radius 1 is 1.50 bits per heavy atom. The molecule has 2 heterocycles. The van der Waals surface area contributed by atoms with Crippen LogP contribution >= 0.6 is 15.9 Å². The van der Waals surface area contributed by atoms with Crippen LogP contribution in [0.15, 0.2) is 21.7 Å². The molecule has 0 atom stereocenters. The Kier molecular flexibility index (Phi) is 1.77. The van der Waals surface area contributed by atoms with Crippen molar-refractivity contribution >= 4 is 33.7 Å². The van der Waals surface area contributed by atoms with E-state index in [1.54, 1.807) is 6.20 Å². The Labute approximate surface area is 77.7 Å². The number of ketones is 1. The van der Waals surface area contributed by atoms with Crippen LogP contribution < -0.4 is 0 Å². The number of halogens is 1. The molecular formula is C8H5BrN2O. The molecule has 0 aliphatic carbocycles. The second-order valence-electron chi connectivity index (χ2n) is 2.54. The summed E-state index contributed by atoms with van der Waals surface area (Å²) in [6.07, 6.45) is 3.40. The zero-order chi connectivity index (χ0) is 8.55. The number of hydrogen-bond donors (Lipinski definition) is 0. The van der Waals surface area contributed by atoms with Crippen molar-refractivity contribution in [3.05, 3.63) is 22.3 Å². The van der Waals surface area contributed by atoms with Crippen molar-refractivity contribution in [2.24, 2.45) is 4.99 Å². The highest BCUT2D eigenvalue weighted by atomic mass is 79.9. The summed E-state index contributed by atoms with van der Waals surface area (Å²) in [7, 11) is 0. The van der Waals surface area contributed by atoms with Gasteiger partial charge in [0.25, 0.3) is 0 Å². The lowest BCUT2D eigenvalue weighted by molar-refractivity contribution is -0.112. The quantitative estimate of drug-likeness (QED) is 0.673. The van der Waals surface area contributed by atoms with Crippen LogP contribution in [0.2, 0.25) is 0 Å². The van der Waals surface area contributed by atoms with Crippen molar-refractivity contribution in [1.82, 2.24) is 4.98 Å². The van der Waals surface area contributed by atoms with Gasteiger partial charge in [0.2, 0.25) is 0 Å². The Hall–Kier alpha value is -1.03. The van der Waals surface area contributed by atoms with Gasteiger partial charge in [0.05, 0.1) is 6.21 Å². The minimum atomic E-state index is 0.0300. The lowest BCUT2D eigenvalue weighted by Crippen LogP contribution is -2.08. The van der Waals surface area contributed by atoms with Gasteiger partial charge in [0.15, 0.2) is 11.6 Å². The van der Waals surface area contributed by atoms with E-state index in [1.807, 2.05) is 6.07 Å².